The molecule has 0 aliphatic carbocycles. The van der Waals surface area contributed by atoms with Crippen LogP contribution in [0, 0.1) is 17.2 Å². The Morgan fingerprint density at radius 3 is 2.74 bits per heavy atom. The van der Waals surface area contributed by atoms with E-state index in [1.54, 1.807) is 17.8 Å². The Morgan fingerprint density at radius 1 is 1.33 bits per heavy atom. The van der Waals surface area contributed by atoms with Crippen LogP contribution < -0.4 is 5.32 Å². The molecule has 0 aliphatic rings. The normalized spacial score (nSPS) is 13.3. The van der Waals surface area contributed by atoms with Gasteiger partial charge in [-0.2, -0.15) is 10.4 Å². The maximum Gasteiger partial charge on any atom is 0.231 e. The zero-order valence-electron chi connectivity index (χ0n) is 15.4. The molecular formula is C19H20N6OS. The van der Waals surface area contributed by atoms with Gasteiger partial charge in [-0.3, -0.25) is 4.79 Å². The number of rotatable bonds is 6. The van der Waals surface area contributed by atoms with E-state index in [1.807, 2.05) is 44.2 Å². The molecule has 0 spiro atoms. The number of nitrogens with zero attached hydrogens (tertiary/aromatic N) is 5. The van der Waals surface area contributed by atoms with E-state index in [9.17, 15) is 10.1 Å². The lowest BCUT2D eigenvalue weighted by molar-refractivity contribution is -0.120. The minimum Gasteiger partial charge on any atom is -0.337 e. The first-order chi connectivity index (χ1) is 12.9. The molecule has 1 N–H and O–H groups in total. The van der Waals surface area contributed by atoms with Gasteiger partial charge in [-0.15, -0.1) is 0 Å². The summed E-state index contributed by atoms with van der Waals surface area (Å²) in [7, 11) is 0. The molecule has 7 nitrogen and oxygen atoms in total. The molecule has 1 atom stereocenters. The van der Waals surface area contributed by atoms with E-state index in [0.717, 1.165) is 11.1 Å². The molecule has 0 saturated heterocycles. The summed E-state index contributed by atoms with van der Waals surface area (Å²) in [6, 6.07) is 11.9. The van der Waals surface area contributed by atoms with Crippen molar-refractivity contribution in [2.45, 2.75) is 31.3 Å². The zero-order chi connectivity index (χ0) is 19.4. The van der Waals surface area contributed by atoms with E-state index in [2.05, 4.69) is 26.5 Å². The van der Waals surface area contributed by atoms with Crippen molar-refractivity contribution < 1.29 is 4.79 Å². The molecule has 138 valence electrons. The lowest BCUT2D eigenvalue weighted by atomic mass is 9.90. The van der Waals surface area contributed by atoms with E-state index < -0.39 is 5.54 Å². The lowest BCUT2D eigenvalue weighted by Gasteiger charge is -2.27. The van der Waals surface area contributed by atoms with Gasteiger partial charge in [0.25, 0.3) is 0 Å². The van der Waals surface area contributed by atoms with Gasteiger partial charge in [-0.05, 0) is 25.0 Å². The third-order valence-electron chi connectivity index (χ3n) is 4.46. The number of hydrogen-bond acceptors (Lipinski definition) is 6. The van der Waals surface area contributed by atoms with Gasteiger partial charge in [-0.1, -0.05) is 43.8 Å². The van der Waals surface area contributed by atoms with Crippen molar-refractivity contribution in [1.29, 1.82) is 5.26 Å². The maximum absolute atomic E-state index is 12.3. The highest BCUT2D eigenvalue weighted by atomic mass is 32.2. The molecule has 2 aromatic heterocycles. The predicted octanol–water partition coefficient (Wildman–Crippen LogP) is 2.96. The first kappa shape index (κ1) is 18.9. The maximum atomic E-state index is 12.3. The Kier molecular flexibility index (Phi) is 5.42. The van der Waals surface area contributed by atoms with E-state index in [4.69, 9.17) is 0 Å². The van der Waals surface area contributed by atoms with Crippen molar-refractivity contribution in [3.8, 4) is 11.8 Å². The fourth-order valence-corrected chi connectivity index (χ4v) is 3.22. The number of hydrogen-bond donors (Lipinski definition) is 1. The third kappa shape index (κ3) is 3.93. The molecule has 2 heterocycles. The van der Waals surface area contributed by atoms with Crippen LogP contribution in [-0.2, 0) is 4.79 Å². The Balaban J connectivity index is 1.78. The van der Waals surface area contributed by atoms with Crippen LogP contribution in [0.1, 0.15) is 20.8 Å². The van der Waals surface area contributed by atoms with E-state index in [0.29, 0.717) is 10.7 Å². The summed E-state index contributed by atoms with van der Waals surface area (Å²) >= 11 is 1.30. The summed E-state index contributed by atoms with van der Waals surface area (Å²) in [4.78, 5) is 20.9. The first-order valence-electron chi connectivity index (χ1n) is 8.54. The number of nitriles is 1. The number of thioether (sulfide) groups is 1. The first-order valence-corrected chi connectivity index (χ1v) is 9.52. The van der Waals surface area contributed by atoms with Gasteiger partial charge >= 0.3 is 0 Å². The van der Waals surface area contributed by atoms with Crippen molar-refractivity contribution in [2.75, 3.05) is 5.75 Å². The number of para-hydroxylation sites is 1. The predicted molar refractivity (Wildman–Crippen MR) is 104 cm³/mol. The highest BCUT2D eigenvalue weighted by Gasteiger charge is 2.30. The zero-order valence-corrected chi connectivity index (χ0v) is 16.2. The standard InChI is InChI=1S/C19H20N6OS/c1-13(2)19(3,11-20)24-16(26)10-27-18-15-9-23-25(17(15)21-12-22-18)14-7-5-4-6-8-14/h4-9,12-13H,10H2,1-3H3,(H,24,26). The van der Waals surface area contributed by atoms with Crippen LogP contribution in [0.15, 0.2) is 47.9 Å². The molecule has 0 fully saturated rings. The minimum atomic E-state index is -0.892. The number of amides is 1. The average Bonchev–Trinajstić information content (AvgIpc) is 3.11. The molecular weight excluding hydrogens is 360 g/mol. The van der Waals surface area contributed by atoms with Crippen molar-refractivity contribution in [3.05, 3.63) is 42.9 Å². The third-order valence-corrected chi connectivity index (χ3v) is 5.46. The highest BCUT2D eigenvalue weighted by Crippen LogP contribution is 2.26. The average molecular weight is 380 g/mol. The van der Waals surface area contributed by atoms with Gasteiger partial charge in [0, 0.05) is 0 Å². The molecule has 1 unspecified atom stereocenters. The number of benzene rings is 1. The van der Waals surface area contributed by atoms with Gasteiger partial charge in [0.15, 0.2) is 5.65 Å². The fourth-order valence-electron chi connectivity index (χ4n) is 2.46. The molecule has 0 aliphatic heterocycles. The van der Waals surface area contributed by atoms with Gasteiger partial charge in [-0.25, -0.2) is 14.6 Å². The van der Waals surface area contributed by atoms with E-state index in [-0.39, 0.29) is 17.6 Å². The van der Waals surface area contributed by atoms with Crippen LogP contribution >= 0.6 is 11.8 Å². The summed E-state index contributed by atoms with van der Waals surface area (Å²) in [5.41, 5.74) is 0.696. The van der Waals surface area contributed by atoms with Gasteiger partial charge in [0.1, 0.15) is 16.9 Å². The minimum absolute atomic E-state index is 0.00584. The monoisotopic (exact) mass is 380 g/mol. The van der Waals surface area contributed by atoms with Crippen molar-refractivity contribution in [3.63, 3.8) is 0 Å². The Bertz CT molecular complexity index is 994. The smallest absolute Gasteiger partial charge is 0.231 e. The Hall–Kier alpha value is -2.92. The molecule has 3 aromatic rings. The van der Waals surface area contributed by atoms with Gasteiger partial charge in [0.05, 0.1) is 29.1 Å². The second kappa shape index (κ2) is 7.76. The summed E-state index contributed by atoms with van der Waals surface area (Å²) in [5.74, 6) is -0.0432. The number of fused-ring (bicyclic) bond motifs is 1. The van der Waals surface area contributed by atoms with Gasteiger partial charge in [0.2, 0.25) is 5.91 Å². The summed E-state index contributed by atoms with van der Waals surface area (Å²) in [6.45, 7) is 5.54. The largest absolute Gasteiger partial charge is 0.337 e. The second-order valence-electron chi connectivity index (χ2n) is 6.61. The number of nitrogens with one attached hydrogen (secondary N) is 1. The van der Waals surface area contributed by atoms with E-state index in [1.165, 1.54) is 18.1 Å². The molecule has 8 heteroatoms. The molecule has 0 bridgehead atoms. The number of carbonyl (C=O) groups is 1. The summed E-state index contributed by atoms with van der Waals surface area (Å²) in [5, 5.41) is 18.0. The molecule has 3 rings (SSSR count). The van der Waals surface area contributed by atoms with Crippen molar-refractivity contribution in [1.82, 2.24) is 25.1 Å². The molecule has 0 radical (unpaired) electrons. The van der Waals surface area contributed by atoms with Crippen LogP contribution in [0.2, 0.25) is 0 Å². The topological polar surface area (TPSA) is 96.5 Å². The van der Waals surface area contributed by atoms with Crippen LogP contribution in [0.5, 0.6) is 0 Å². The number of aromatic nitrogens is 4. The van der Waals surface area contributed by atoms with Crippen LogP contribution in [0.3, 0.4) is 0 Å². The highest BCUT2D eigenvalue weighted by molar-refractivity contribution is 8.00. The molecule has 1 amide bonds. The Morgan fingerprint density at radius 2 is 2.07 bits per heavy atom. The second-order valence-corrected chi connectivity index (χ2v) is 7.58. The number of carbonyl (C=O) groups excluding carboxylic acids is 1. The molecule has 0 saturated carbocycles. The SMILES string of the molecule is CC(C)C(C)(C#N)NC(=O)CSc1ncnc2c1cnn2-c1ccccc1. The summed E-state index contributed by atoms with van der Waals surface area (Å²) < 4.78 is 1.74. The van der Waals surface area contributed by atoms with Crippen LogP contribution in [0.4, 0.5) is 0 Å². The fraction of sp³-hybridized carbons (Fsp3) is 0.316. The van der Waals surface area contributed by atoms with E-state index >= 15 is 0 Å². The van der Waals surface area contributed by atoms with Crippen LogP contribution in [-0.4, -0.2) is 36.9 Å². The van der Waals surface area contributed by atoms with Crippen molar-refractivity contribution in [2.24, 2.45) is 5.92 Å². The Labute approximate surface area is 161 Å². The van der Waals surface area contributed by atoms with Crippen molar-refractivity contribution >= 4 is 28.7 Å². The summed E-state index contributed by atoms with van der Waals surface area (Å²) in [6.07, 6.45) is 3.17. The lowest BCUT2D eigenvalue weighted by Crippen LogP contribution is -2.49. The molecule has 1 aromatic carbocycles. The van der Waals surface area contributed by atoms with Gasteiger partial charge < -0.3 is 5.32 Å². The quantitative estimate of drug-likeness (QED) is 0.522. The molecule has 27 heavy (non-hydrogen) atoms. The van der Waals surface area contributed by atoms with Crippen LogP contribution in [0.25, 0.3) is 16.7 Å².